The second-order valence-electron chi connectivity index (χ2n) is 19.9. The van der Waals surface area contributed by atoms with E-state index >= 15 is 0 Å². The zero-order valence-corrected chi connectivity index (χ0v) is 42.5. The molecular formula is C64H63N3OPt. The van der Waals surface area contributed by atoms with Gasteiger partial charge in [-0.15, -0.1) is 23.8 Å². The second kappa shape index (κ2) is 18.9. The fourth-order valence-electron chi connectivity index (χ4n) is 8.94. The summed E-state index contributed by atoms with van der Waals surface area (Å²) in [5, 5.41) is 0. The molecule has 0 unspecified atom stereocenters. The molecule has 2 heterocycles. The van der Waals surface area contributed by atoms with Crippen LogP contribution >= 0.6 is 0 Å². The first kappa shape index (κ1) is 35.7. The fourth-order valence-corrected chi connectivity index (χ4v) is 8.94. The van der Waals surface area contributed by atoms with Gasteiger partial charge in [-0.3, -0.25) is 9.55 Å². The molecule has 0 atom stereocenters. The Morgan fingerprint density at radius 1 is 0.565 bits per heavy atom. The van der Waals surface area contributed by atoms with Crippen molar-refractivity contribution in [2.75, 3.05) is 0 Å². The molecule has 0 saturated carbocycles. The average molecular weight is 1100 g/mol. The summed E-state index contributed by atoms with van der Waals surface area (Å²) in [5.41, 5.74) is 9.66. The smallest absolute Gasteiger partial charge is 0.665 e. The van der Waals surface area contributed by atoms with Gasteiger partial charge in [0.1, 0.15) is 5.82 Å². The molecule has 0 bridgehead atoms. The molecule has 0 N–H and O–H groups in total. The molecule has 7 aromatic carbocycles. The minimum Gasteiger partial charge on any atom is -0.665 e. The number of nitrogens with zero attached hydrogens (tertiary/aromatic N) is 3. The van der Waals surface area contributed by atoms with Gasteiger partial charge in [-0.05, 0) is 128 Å². The van der Waals surface area contributed by atoms with Gasteiger partial charge in [0.2, 0.25) is 0 Å². The first-order valence-corrected chi connectivity index (χ1v) is 22.8. The molecule has 2 aromatic heterocycles. The largest absolute Gasteiger partial charge is 2.00 e. The second-order valence-corrected chi connectivity index (χ2v) is 19.9. The quantitative estimate of drug-likeness (QED) is 0.142. The van der Waals surface area contributed by atoms with Gasteiger partial charge in [0.15, 0.2) is 0 Å². The van der Waals surface area contributed by atoms with Gasteiger partial charge in [0, 0.05) is 28.3 Å². The summed E-state index contributed by atoms with van der Waals surface area (Å²) in [5.74, 6) is 0.927. The van der Waals surface area contributed by atoms with Crippen molar-refractivity contribution >= 4 is 11.0 Å². The van der Waals surface area contributed by atoms with Crippen molar-refractivity contribution in [2.45, 2.75) is 99.0 Å². The van der Waals surface area contributed by atoms with Crippen molar-refractivity contribution in [3.05, 3.63) is 198 Å². The third kappa shape index (κ3) is 9.93. The topological polar surface area (TPSA) is 39.9 Å². The standard InChI is InChI=1S/C64H63N3O.Pt/c1-40-30-42(3)60(68-13)55(31-40)61-66-59-54(20-17-21-58(59)67(61)57-27-24-45(32-41(57)2)48-36-52(63(7,8)9)39-53(37-48)64(10,11)12)49-33-47(43-18-15-14-16-19-43)34-50(35-49)56-38-46(28-29-65-56)44-22-25-51(26-23-44)62(4,5)6;/h14-34,36-39H,13H2,1-12H3;/q-2;+2/i2D3,4D3,5D3,6D3;. The minimum atomic E-state index is -3.40. The van der Waals surface area contributed by atoms with Crippen molar-refractivity contribution < 1.29 is 42.3 Å². The Labute approximate surface area is 442 Å². The third-order valence-electron chi connectivity index (χ3n) is 12.7. The van der Waals surface area contributed by atoms with E-state index in [0.717, 1.165) is 44.5 Å². The van der Waals surface area contributed by atoms with Crippen molar-refractivity contribution in [3.63, 3.8) is 0 Å². The molecule has 0 spiro atoms. The van der Waals surface area contributed by atoms with Crippen LogP contribution in [0.25, 0.3) is 83.9 Å². The molecule has 0 aliphatic heterocycles. The molecule has 4 nitrogen and oxygen atoms in total. The number of benzene rings is 7. The average Bonchev–Trinajstić information content (AvgIpc) is 3.99. The molecule has 0 amide bonds. The molecule has 9 aromatic rings. The van der Waals surface area contributed by atoms with Crippen LogP contribution in [0.3, 0.4) is 0 Å². The summed E-state index contributed by atoms with van der Waals surface area (Å²) in [6, 6.07) is 48.7. The fraction of sp³-hybridized carbons (Fsp3) is 0.234. The Morgan fingerprint density at radius 2 is 1.22 bits per heavy atom. The van der Waals surface area contributed by atoms with Gasteiger partial charge in [-0.1, -0.05) is 182 Å². The number of para-hydroxylation sites is 1. The normalized spacial score (nSPS) is 15.3. The first-order chi connectivity index (χ1) is 37.2. The summed E-state index contributed by atoms with van der Waals surface area (Å²) in [7, 11) is 3.85. The minimum absolute atomic E-state index is 0. The number of hydrogen-bond acceptors (Lipinski definition) is 3. The van der Waals surface area contributed by atoms with Crippen LogP contribution in [0.5, 0.6) is 5.75 Å². The number of fused-ring (bicyclic) bond motifs is 1. The molecular weight excluding hydrogens is 1020 g/mol. The van der Waals surface area contributed by atoms with Gasteiger partial charge in [0.25, 0.3) is 0 Å². The van der Waals surface area contributed by atoms with Crippen LogP contribution in [0.2, 0.25) is 0 Å². The Balaban J connectivity index is 0.00000860. The molecule has 0 aliphatic carbocycles. The Kier molecular flexibility index (Phi) is 9.76. The number of rotatable bonds is 8. The molecule has 69 heavy (non-hydrogen) atoms. The number of imidazole rings is 1. The molecule has 5 heteroatoms. The number of aromatic nitrogens is 3. The number of pyridine rings is 1. The maximum Gasteiger partial charge on any atom is 2.00 e. The Morgan fingerprint density at radius 3 is 1.88 bits per heavy atom. The van der Waals surface area contributed by atoms with Crippen molar-refractivity contribution in [3.8, 4) is 78.6 Å². The van der Waals surface area contributed by atoms with E-state index in [1.165, 1.54) is 24.3 Å². The molecule has 9 rings (SSSR count). The van der Waals surface area contributed by atoms with E-state index in [1.54, 1.807) is 18.3 Å². The maximum atomic E-state index is 9.14. The van der Waals surface area contributed by atoms with Crippen LogP contribution < -0.4 is 4.74 Å². The van der Waals surface area contributed by atoms with Crippen molar-refractivity contribution in [1.29, 1.82) is 0 Å². The predicted octanol–water partition coefficient (Wildman–Crippen LogP) is 17.2. The van der Waals surface area contributed by atoms with E-state index in [-0.39, 0.29) is 43.0 Å². The van der Waals surface area contributed by atoms with Crippen LogP contribution in [0.1, 0.15) is 112 Å². The Hall–Kier alpha value is -6.35. The van der Waals surface area contributed by atoms with E-state index < -0.39 is 32.8 Å². The molecule has 0 fully saturated rings. The van der Waals surface area contributed by atoms with Crippen LogP contribution in [-0.2, 0) is 37.3 Å². The van der Waals surface area contributed by atoms with Gasteiger partial charge in [0.05, 0.1) is 28.0 Å². The van der Waals surface area contributed by atoms with Gasteiger partial charge < -0.3 is 4.74 Å². The zero-order valence-electron chi connectivity index (χ0n) is 52.2. The summed E-state index contributed by atoms with van der Waals surface area (Å²) in [6.45, 7) is 4.21. The zero-order chi connectivity index (χ0) is 58.3. The van der Waals surface area contributed by atoms with E-state index in [9.17, 15) is 0 Å². The molecule has 0 radical (unpaired) electrons. The SMILES string of the molecule is [2H]C([2H])([2H])c1cc(-c2cc(C(C)(C)C)cc(C(C)(C)C)c2)ccc1-n1c(-c2cc(C)cc(C)c2O[CH2-])nc2c(-c3[c-]c(-c4cc(-c5ccc(C(C([2H])([2H])[2H])(C([2H])([2H])[2H])C([2H])([2H])[2H])cc5)ccn4)cc(-c4ccccc4)c3)cccc21.[Pt+2]. The first-order valence-electron chi connectivity index (χ1n) is 28.8. The summed E-state index contributed by atoms with van der Waals surface area (Å²) < 4.78 is 109. The van der Waals surface area contributed by atoms with Crippen molar-refractivity contribution in [1.82, 2.24) is 14.5 Å². The van der Waals surface area contributed by atoms with E-state index in [4.69, 9.17) is 31.2 Å². The summed E-state index contributed by atoms with van der Waals surface area (Å²) in [6.07, 6.45) is 1.62. The van der Waals surface area contributed by atoms with Crippen molar-refractivity contribution in [2.24, 2.45) is 0 Å². The number of ether oxygens (including phenoxy) is 1. The van der Waals surface area contributed by atoms with Gasteiger partial charge >= 0.3 is 21.1 Å². The van der Waals surface area contributed by atoms with Crippen LogP contribution in [0, 0.1) is 33.9 Å². The van der Waals surface area contributed by atoms with Gasteiger partial charge in [-0.2, -0.15) is 7.11 Å². The van der Waals surface area contributed by atoms with Crippen LogP contribution in [-0.4, -0.2) is 14.5 Å². The van der Waals surface area contributed by atoms with E-state index in [0.29, 0.717) is 67.4 Å². The van der Waals surface area contributed by atoms with E-state index in [2.05, 4.69) is 72.9 Å². The monoisotopic (exact) mass is 1100 g/mol. The summed E-state index contributed by atoms with van der Waals surface area (Å²) in [4.78, 5) is 10.3. The van der Waals surface area contributed by atoms with Crippen LogP contribution in [0.4, 0.5) is 0 Å². The number of aryl methyl sites for hydroxylation is 3. The van der Waals surface area contributed by atoms with Crippen LogP contribution in [0.15, 0.2) is 152 Å². The van der Waals surface area contributed by atoms with E-state index in [1.807, 2.05) is 109 Å². The van der Waals surface area contributed by atoms with Gasteiger partial charge in [-0.25, -0.2) is 4.98 Å². The summed E-state index contributed by atoms with van der Waals surface area (Å²) >= 11 is 0. The predicted molar refractivity (Wildman–Crippen MR) is 287 cm³/mol. The Bertz CT molecular complexity index is 3740. The molecule has 0 saturated heterocycles. The molecule has 350 valence electrons. The third-order valence-corrected chi connectivity index (χ3v) is 12.7. The molecule has 0 aliphatic rings. The maximum absolute atomic E-state index is 9.14. The number of hydrogen-bond donors (Lipinski definition) is 0.